The molecule has 0 aliphatic carbocycles. The average Bonchev–Trinajstić information content (AvgIpc) is 3.09. The normalized spacial score (nSPS) is 16.3. The molecule has 3 aromatic rings. The van der Waals surface area contributed by atoms with Gasteiger partial charge in [-0.1, -0.05) is 47.2 Å². The van der Waals surface area contributed by atoms with Gasteiger partial charge in [-0.05, 0) is 48.4 Å². The number of nitrogens with zero attached hydrogens (tertiary/aromatic N) is 2. The molecule has 4 rings (SSSR count). The Morgan fingerprint density at radius 1 is 1.21 bits per heavy atom. The first-order valence-electron chi connectivity index (χ1n) is 9.95. The number of hydrogen-bond donors (Lipinski definition) is 1. The maximum absolute atomic E-state index is 14.0. The Hall–Kier alpha value is -3.37. The van der Waals surface area contributed by atoms with Gasteiger partial charge in [-0.25, -0.2) is 9.79 Å². The molecule has 1 atom stereocenters. The summed E-state index contributed by atoms with van der Waals surface area (Å²) in [4.78, 5) is 29.6. The summed E-state index contributed by atoms with van der Waals surface area (Å²) < 4.78 is 48.2. The van der Waals surface area contributed by atoms with E-state index >= 15 is 0 Å². The second-order valence-corrected chi connectivity index (χ2v) is 8.65. The zero-order valence-electron chi connectivity index (χ0n) is 17.5. The van der Waals surface area contributed by atoms with Crippen LogP contribution in [0.1, 0.15) is 24.1 Å². The minimum atomic E-state index is -4.97. The predicted molar refractivity (Wildman–Crippen MR) is 120 cm³/mol. The first-order valence-corrected chi connectivity index (χ1v) is 11.1. The number of allylic oxidation sites excluding steroid dienone is 1. The van der Waals surface area contributed by atoms with Gasteiger partial charge in [-0.15, -0.1) is 0 Å². The van der Waals surface area contributed by atoms with Gasteiger partial charge in [0.15, 0.2) is 10.5 Å². The topological polar surface area (TPSA) is 80.9 Å². The van der Waals surface area contributed by atoms with Crippen LogP contribution in [-0.2, 0) is 9.53 Å². The SMILES string of the molecule is CCOC(=O)C1=C(C(F)(F)F)N=c2s/c(=C\c3ccc(O)cc3)c(=O)n2[C@@H]1c1ccc(Cl)cc1. The van der Waals surface area contributed by atoms with Gasteiger partial charge >= 0.3 is 12.1 Å². The van der Waals surface area contributed by atoms with E-state index in [0.717, 1.165) is 15.9 Å². The third-order valence-electron chi connectivity index (χ3n) is 4.97. The van der Waals surface area contributed by atoms with Crippen LogP contribution < -0.4 is 14.9 Å². The molecule has 11 heteroatoms. The molecule has 1 aliphatic heterocycles. The third-order valence-corrected chi connectivity index (χ3v) is 6.21. The van der Waals surface area contributed by atoms with Crippen LogP contribution in [0.3, 0.4) is 0 Å². The number of fused-ring (bicyclic) bond motifs is 1. The van der Waals surface area contributed by atoms with Crippen LogP contribution >= 0.6 is 22.9 Å². The third kappa shape index (κ3) is 4.51. The highest BCUT2D eigenvalue weighted by molar-refractivity contribution is 7.07. The van der Waals surface area contributed by atoms with Gasteiger partial charge in [0.25, 0.3) is 5.56 Å². The van der Waals surface area contributed by atoms with Crippen molar-refractivity contribution in [2.75, 3.05) is 6.61 Å². The van der Waals surface area contributed by atoms with Crippen LogP contribution in [0.25, 0.3) is 6.08 Å². The molecule has 2 heterocycles. The molecule has 0 fully saturated rings. The fraction of sp³-hybridized carbons (Fsp3) is 0.174. The van der Waals surface area contributed by atoms with Gasteiger partial charge in [0.2, 0.25) is 0 Å². The fourth-order valence-corrected chi connectivity index (χ4v) is 4.65. The van der Waals surface area contributed by atoms with Crippen molar-refractivity contribution in [3.05, 3.63) is 95.6 Å². The van der Waals surface area contributed by atoms with Crippen molar-refractivity contribution < 1.29 is 27.8 Å². The lowest BCUT2D eigenvalue weighted by molar-refractivity contribution is -0.140. The lowest BCUT2D eigenvalue weighted by Crippen LogP contribution is -2.41. The number of phenolic OH excluding ortho intramolecular Hbond substituents is 1. The lowest BCUT2D eigenvalue weighted by Gasteiger charge is -2.26. The number of esters is 1. The second-order valence-electron chi connectivity index (χ2n) is 7.21. The number of alkyl halides is 3. The van der Waals surface area contributed by atoms with Crippen molar-refractivity contribution in [3.63, 3.8) is 0 Å². The zero-order chi connectivity index (χ0) is 24.6. The molecular weight excluding hydrogens is 493 g/mol. The predicted octanol–water partition coefficient (Wildman–Crippen LogP) is 3.70. The van der Waals surface area contributed by atoms with Crippen LogP contribution in [0.2, 0.25) is 5.02 Å². The summed E-state index contributed by atoms with van der Waals surface area (Å²) in [5.74, 6) is -1.19. The number of carbonyl (C=O) groups is 1. The highest BCUT2D eigenvalue weighted by atomic mass is 35.5. The molecule has 2 aromatic carbocycles. The average molecular weight is 509 g/mol. The molecule has 0 spiro atoms. The van der Waals surface area contributed by atoms with Crippen LogP contribution in [0.15, 0.2) is 69.6 Å². The number of aromatic hydroxyl groups is 1. The van der Waals surface area contributed by atoms with Crippen LogP contribution in [0.4, 0.5) is 13.2 Å². The number of hydrogen-bond acceptors (Lipinski definition) is 6. The molecule has 6 nitrogen and oxygen atoms in total. The first-order chi connectivity index (χ1) is 16.1. The fourth-order valence-electron chi connectivity index (χ4n) is 3.52. The van der Waals surface area contributed by atoms with Gasteiger partial charge in [-0.2, -0.15) is 13.2 Å². The van der Waals surface area contributed by atoms with Crippen molar-refractivity contribution in [1.29, 1.82) is 0 Å². The summed E-state index contributed by atoms with van der Waals surface area (Å²) in [7, 11) is 0. The van der Waals surface area contributed by atoms with Gasteiger partial charge in [-0.3, -0.25) is 9.36 Å². The maximum atomic E-state index is 14.0. The van der Waals surface area contributed by atoms with E-state index in [4.69, 9.17) is 16.3 Å². The lowest BCUT2D eigenvalue weighted by atomic mass is 9.95. The molecule has 0 unspecified atom stereocenters. The van der Waals surface area contributed by atoms with Crippen molar-refractivity contribution >= 4 is 35.0 Å². The van der Waals surface area contributed by atoms with E-state index in [1.165, 1.54) is 49.4 Å². The largest absolute Gasteiger partial charge is 0.508 e. The molecular formula is C23H16ClF3N2O4S. The van der Waals surface area contributed by atoms with E-state index < -0.39 is 35.0 Å². The monoisotopic (exact) mass is 508 g/mol. The van der Waals surface area contributed by atoms with E-state index in [2.05, 4.69) is 4.99 Å². The number of ether oxygens (including phenoxy) is 1. The first kappa shape index (κ1) is 23.8. The van der Waals surface area contributed by atoms with Crippen molar-refractivity contribution in [3.8, 4) is 5.75 Å². The Balaban J connectivity index is 2.04. The van der Waals surface area contributed by atoms with Gasteiger partial charge in [0, 0.05) is 5.02 Å². The molecule has 0 bridgehead atoms. The van der Waals surface area contributed by atoms with E-state index in [0.29, 0.717) is 10.6 Å². The quantitative estimate of drug-likeness (QED) is 0.545. The molecule has 0 amide bonds. The Morgan fingerprint density at radius 2 is 1.85 bits per heavy atom. The number of aromatic nitrogens is 1. The van der Waals surface area contributed by atoms with E-state index in [1.807, 2.05) is 0 Å². The van der Waals surface area contributed by atoms with Gasteiger partial charge in [0.05, 0.1) is 22.8 Å². The van der Waals surface area contributed by atoms with Gasteiger partial charge < -0.3 is 9.84 Å². The number of carbonyl (C=O) groups excluding carboxylic acids is 1. The highest BCUT2D eigenvalue weighted by Gasteiger charge is 2.45. The minimum absolute atomic E-state index is 0.0234. The van der Waals surface area contributed by atoms with Gasteiger partial charge in [0.1, 0.15) is 5.75 Å². The Kier molecular flexibility index (Phi) is 6.37. The van der Waals surface area contributed by atoms with Crippen molar-refractivity contribution in [2.24, 2.45) is 4.99 Å². The molecule has 1 aromatic heterocycles. The molecule has 0 saturated carbocycles. The van der Waals surface area contributed by atoms with Crippen LogP contribution in [0.5, 0.6) is 5.75 Å². The van der Waals surface area contributed by atoms with Crippen LogP contribution in [0, 0.1) is 0 Å². The minimum Gasteiger partial charge on any atom is -0.508 e. The smallest absolute Gasteiger partial charge is 0.434 e. The zero-order valence-corrected chi connectivity index (χ0v) is 19.0. The standard InChI is InChI=1S/C23H16ClF3N2O4S/c1-2-33-21(32)17-18(13-5-7-14(24)8-6-13)29-20(31)16(11-12-3-9-15(30)10-4-12)34-22(29)28-19(17)23(25,26)27/h3-11,18,30H,2H2,1H3/b16-11-/t18-/m1/s1. The van der Waals surface area contributed by atoms with Crippen molar-refractivity contribution in [1.82, 2.24) is 4.57 Å². The molecule has 0 radical (unpaired) electrons. The number of phenols is 1. The summed E-state index contributed by atoms with van der Waals surface area (Å²) in [6.45, 7) is 1.31. The maximum Gasteiger partial charge on any atom is 0.434 e. The summed E-state index contributed by atoms with van der Waals surface area (Å²) in [6, 6.07) is 10.3. The van der Waals surface area contributed by atoms with Crippen molar-refractivity contribution in [2.45, 2.75) is 19.1 Å². The number of halogens is 4. The molecule has 0 saturated heterocycles. The molecule has 34 heavy (non-hydrogen) atoms. The highest BCUT2D eigenvalue weighted by Crippen LogP contribution is 2.38. The van der Waals surface area contributed by atoms with E-state index in [1.54, 1.807) is 12.1 Å². The molecule has 1 N–H and O–H groups in total. The summed E-state index contributed by atoms with van der Waals surface area (Å²) in [5.41, 5.74) is -2.03. The molecule has 176 valence electrons. The Morgan fingerprint density at radius 3 is 2.44 bits per heavy atom. The number of thiazole rings is 1. The summed E-state index contributed by atoms with van der Waals surface area (Å²) >= 11 is 6.71. The summed E-state index contributed by atoms with van der Waals surface area (Å²) in [5, 5.41) is 9.80. The number of rotatable bonds is 4. The number of benzene rings is 2. The molecule has 1 aliphatic rings. The Bertz CT molecular complexity index is 1460. The summed E-state index contributed by atoms with van der Waals surface area (Å²) in [6.07, 6.45) is -3.50. The van der Waals surface area contributed by atoms with E-state index in [-0.39, 0.29) is 27.3 Å². The van der Waals surface area contributed by atoms with E-state index in [9.17, 15) is 27.9 Å². The Labute approximate surface area is 199 Å². The van der Waals surface area contributed by atoms with Crippen LogP contribution in [-0.4, -0.2) is 28.4 Å². The second kappa shape index (κ2) is 9.11.